The Morgan fingerprint density at radius 1 is 0.692 bits per heavy atom. The summed E-state index contributed by atoms with van der Waals surface area (Å²) in [5.74, 6) is 0. The van der Waals surface area contributed by atoms with E-state index >= 15 is 0 Å². The largest absolute Gasteiger partial charge is 0.377 e. The van der Waals surface area contributed by atoms with Crippen LogP contribution in [0.15, 0.2) is 72.8 Å². The van der Waals surface area contributed by atoms with Crippen LogP contribution in [0.2, 0.25) is 0 Å². The number of fused-ring (bicyclic) bond motifs is 9. The van der Waals surface area contributed by atoms with Gasteiger partial charge in [0.15, 0.2) is 0 Å². The van der Waals surface area contributed by atoms with Crippen molar-refractivity contribution in [2.45, 2.75) is 51.0 Å². The fraction of sp³-hybridized carbons (Fsp3) is 0.222. The highest BCUT2D eigenvalue weighted by Gasteiger charge is 2.27. The smallest absolute Gasteiger partial charge is 0.0555 e. The highest BCUT2D eigenvalue weighted by molar-refractivity contribution is 5.97. The first-order valence-corrected chi connectivity index (χ1v) is 14.6. The van der Waals surface area contributed by atoms with E-state index in [2.05, 4.69) is 94.2 Å². The lowest BCUT2D eigenvalue weighted by Crippen LogP contribution is -2.14. The first-order valence-electron chi connectivity index (χ1n) is 14.6. The molecule has 3 N–H and O–H groups in total. The zero-order chi connectivity index (χ0) is 25.5. The third-order valence-electron chi connectivity index (χ3n) is 9.52. The average molecular weight is 506 g/mol. The summed E-state index contributed by atoms with van der Waals surface area (Å²) in [5.41, 5.74) is 17.6. The van der Waals surface area contributed by atoms with E-state index in [-0.39, 0.29) is 0 Å². The maximum Gasteiger partial charge on any atom is 0.0555 e. The number of H-pyrrole nitrogens is 2. The van der Waals surface area contributed by atoms with Gasteiger partial charge in [0.05, 0.1) is 6.04 Å². The van der Waals surface area contributed by atoms with Crippen molar-refractivity contribution in [1.29, 1.82) is 0 Å². The molecule has 2 aromatic heterocycles. The van der Waals surface area contributed by atoms with Crippen LogP contribution in [0.1, 0.15) is 59.3 Å². The molecular formula is C36H31N3. The Hall–Kier alpha value is -4.24. The summed E-state index contributed by atoms with van der Waals surface area (Å²) in [6.45, 7) is 0. The van der Waals surface area contributed by atoms with E-state index in [0.717, 1.165) is 19.3 Å². The SMILES string of the molecule is C1=CCC2Nc3cc(C4=Cc5[nH]c6cc(-c7ccc8c9c([nH]c8c7)CCCC9)ccc6c5CC4)ccc3C2=C1. The monoisotopic (exact) mass is 505 g/mol. The summed E-state index contributed by atoms with van der Waals surface area (Å²) in [7, 11) is 0. The Balaban J connectivity index is 1.06. The molecule has 0 radical (unpaired) electrons. The number of rotatable bonds is 2. The predicted octanol–water partition coefficient (Wildman–Crippen LogP) is 8.82. The Morgan fingerprint density at radius 2 is 1.49 bits per heavy atom. The van der Waals surface area contributed by atoms with Gasteiger partial charge in [-0.1, -0.05) is 54.6 Å². The lowest BCUT2D eigenvalue weighted by Gasteiger charge is -2.15. The number of aryl methyl sites for hydroxylation is 3. The molecule has 0 amide bonds. The minimum Gasteiger partial charge on any atom is -0.377 e. The summed E-state index contributed by atoms with van der Waals surface area (Å²) < 4.78 is 0. The van der Waals surface area contributed by atoms with Crippen LogP contribution < -0.4 is 5.32 Å². The quantitative estimate of drug-likeness (QED) is 0.220. The first-order chi connectivity index (χ1) is 19.3. The molecule has 5 aromatic rings. The summed E-state index contributed by atoms with van der Waals surface area (Å²) in [5, 5.41) is 6.52. The number of nitrogens with one attached hydrogen (secondary N) is 3. The number of hydrogen-bond acceptors (Lipinski definition) is 1. The van der Waals surface area contributed by atoms with Gasteiger partial charge in [-0.25, -0.2) is 0 Å². The van der Waals surface area contributed by atoms with Gasteiger partial charge < -0.3 is 15.3 Å². The number of allylic oxidation sites excluding steroid dienone is 3. The lowest BCUT2D eigenvalue weighted by atomic mass is 9.89. The molecule has 4 aliphatic rings. The Morgan fingerprint density at radius 3 is 2.38 bits per heavy atom. The highest BCUT2D eigenvalue weighted by Crippen LogP contribution is 2.42. The fourth-order valence-electron chi connectivity index (χ4n) is 7.52. The van der Waals surface area contributed by atoms with E-state index in [0.29, 0.717) is 6.04 Å². The zero-order valence-corrected chi connectivity index (χ0v) is 22.0. The van der Waals surface area contributed by atoms with E-state index in [4.69, 9.17) is 0 Å². The molecule has 0 fully saturated rings. The van der Waals surface area contributed by atoms with E-state index in [9.17, 15) is 0 Å². The van der Waals surface area contributed by atoms with E-state index in [1.807, 2.05) is 0 Å². The van der Waals surface area contributed by atoms with Crippen molar-refractivity contribution in [3.63, 3.8) is 0 Å². The van der Waals surface area contributed by atoms with Crippen LogP contribution in [-0.4, -0.2) is 16.0 Å². The van der Waals surface area contributed by atoms with Crippen molar-refractivity contribution in [2.75, 3.05) is 5.32 Å². The third-order valence-corrected chi connectivity index (χ3v) is 9.52. The van der Waals surface area contributed by atoms with Gasteiger partial charge in [-0.2, -0.15) is 0 Å². The van der Waals surface area contributed by atoms with Gasteiger partial charge in [0, 0.05) is 44.4 Å². The maximum absolute atomic E-state index is 3.78. The molecule has 3 nitrogen and oxygen atoms in total. The van der Waals surface area contributed by atoms with Gasteiger partial charge in [0.1, 0.15) is 0 Å². The first kappa shape index (κ1) is 21.7. The van der Waals surface area contributed by atoms with Crippen LogP contribution in [0.5, 0.6) is 0 Å². The highest BCUT2D eigenvalue weighted by atomic mass is 15.0. The van der Waals surface area contributed by atoms with Crippen molar-refractivity contribution in [1.82, 2.24) is 9.97 Å². The number of hydrogen-bond donors (Lipinski definition) is 3. The van der Waals surface area contributed by atoms with Crippen molar-refractivity contribution in [3.05, 3.63) is 106 Å². The topological polar surface area (TPSA) is 43.6 Å². The van der Waals surface area contributed by atoms with Crippen molar-refractivity contribution in [3.8, 4) is 11.1 Å². The molecule has 39 heavy (non-hydrogen) atoms. The van der Waals surface area contributed by atoms with Crippen molar-refractivity contribution >= 4 is 44.7 Å². The standard InChI is InChI=1S/C36H31N3/c1-3-7-31-25(5-1)27-13-9-21(17-33(27)37-31)23-11-15-29-30-16-12-24(20-36(30)39-35(29)19-23)22-10-14-28-26-6-2-4-8-32(26)38-34(28)18-22/h1,3,5,9-10,12-14,16-20,31,37-39H,2,4,6-8,11,15H2. The fourth-order valence-corrected chi connectivity index (χ4v) is 7.52. The van der Waals surface area contributed by atoms with Gasteiger partial charge in [-0.05, 0) is 108 Å². The molecule has 0 saturated carbocycles. The van der Waals surface area contributed by atoms with Crippen LogP contribution >= 0.6 is 0 Å². The van der Waals surface area contributed by atoms with Crippen LogP contribution in [0.25, 0.3) is 50.2 Å². The molecule has 190 valence electrons. The molecule has 0 bridgehead atoms. The van der Waals surface area contributed by atoms with Crippen LogP contribution in [0, 0.1) is 0 Å². The minimum absolute atomic E-state index is 0.429. The molecule has 3 aliphatic carbocycles. The van der Waals surface area contributed by atoms with Gasteiger partial charge in [0.2, 0.25) is 0 Å². The Kier molecular flexibility index (Phi) is 4.52. The molecule has 3 heterocycles. The lowest BCUT2D eigenvalue weighted by molar-refractivity contribution is 0.680. The second-order valence-electron chi connectivity index (χ2n) is 11.7. The molecule has 1 atom stereocenters. The Labute approximate surface area is 228 Å². The molecule has 1 aliphatic heterocycles. The van der Waals surface area contributed by atoms with Crippen molar-refractivity contribution < 1.29 is 0 Å². The number of aromatic nitrogens is 2. The third kappa shape index (κ3) is 3.29. The number of benzene rings is 3. The summed E-state index contributed by atoms with van der Waals surface area (Å²) in [6.07, 6.45) is 17.3. The van der Waals surface area contributed by atoms with Crippen LogP contribution in [0.3, 0.4) is 0 Å². The zero-order valence-electron chi connectivity index (χ0n) is 22.0. The molecule has 9 rings (SSSR count). The van der Waals surface area contributed by atoms with Crippen LogP contribution in [-0.2, 0) is 19.3 Å². The van der Waals surface area contributed by atoms with Crippen molar-refractivity contribution in [2.24, 2.45) is 0 Å². The van der Waals surface area contributed by atoms with E-state index in [1.165, 1.54) is 104 Å². The Bertz CT molecular complexity index is 1920. The molecular weight excluding hydrogens is 474 g/mol. The molecule has 0 saturated heterocycles. The van der Waals surface area contributed by atoms with E-state index in [1.54, 1.807) is 5.56 Å². The molecule has 0 spiro atoms. The summed E-state index contributed by atoms with van der Waals surface area (Å²) in [6, 6.07) is 21.4. The molecule has 3 heteroatoms. The summed E-state index contributed by atoms with van der Waals surface area (Å²) in [4.78, 5) is 7.51. The maximum atomic E-state index is 3.78. The number of aromatic amines is 2. The van der Waals surface area contributed by atoms with Gasteiger partial charge in [-0.15, -0.1) is 0 Å². The van der Waals surface area contributed by atoms with E-state index < -0.39 is 0 Å². The second kappa shape index (κ2) is 8.13. The number of anilines is 1. The second-order valence-corrected chi connectivity index (χ2v) is 11.7. The van der Waals surface area contributed by atoms with Gasteiger partial charge in [-0.3, -0.25) is 0 Å². The van der Waals surface area contributed by atoms with Gasteiger partial charge >= 0.3 is 0 Å². The average Bonchev–Trinajstić information content (AvgIpc) is 3.66. The molecule has 3 aromatic carbocycles. The predicted molar refractivity (Wildman–Crippen MR) is 164 cm³/mol. The molecule has 1 unspecified atom stereocenters. The minimum atomic E-state index is 0.429. The van der Waals surface area contributed by atoms with Crippen LogP contribution in [0.4, 0.5) is 5.69 Å². The normalized spacial score (nSPS) is 19.2. The summed E-state index contributed by atoms with van der Waals surface area (Å²) >= 11 is 0. The van der Waals surface area contributed by atoms with Gasteiger partial charge in [0.25, 0.3) is 0 Å².